The van der Waals surface area contributed by atoms with Crippen molar-refractivity contribution >= 4 is 50.7 Å². The molecular weight excluding hydrogens is 408 g/mol. The van der Waals surface area contributed by atoms with Crippen LogP contribution >= 0.6 is 22.9 Å². The second-order valence-electron chi connectivity index (χ2n) is 6.52. The third-order valence-electron chi connectivity index (χ3n) is 4.55. The number of aromatic nitrogens is 4. The summed E-state index contributed by atoms with van der Waals surface area (Å²) in [6, 6.07) is 16.2. The van der Waals surface area contributed by atoms with Gasteiger partial charge in [-0.1, -0.05) is 24.3 Å². The standard InChI is InChI=1S/C20H17ClN6OS/c21-18-24-19(26-20(25-18)27-8-10-28-11-9-27)22-14-5-3-4-13(12-14)17-23-15-6-1-2-7-16(15)29-17/h1-7,12H,8-11H2,(H,22,24,25,26). The zero-order valence-corrected chi connectivity index (χ0v) is 17.0. The van der Waals surface area contributed by atoms with Crippen LogP contribution in [-0.4, -0.2) is 46.2 Å². The molecular formula is C20H17ClN6OS. The Bertz CT molecular complexity index is 1130. The highest BCUT2D eigenvalue weighted by atomic mass is 35.5. The van der Waals surface area contributed by atoms with Crippen molar-refractivity contribution in [3.63, 3.8) is 0 Å². The lowest BCUT2D eigenvalue weighted by molar-refractivity contribution is 0.122. The van der Waals surface area contributed by atoms with Gasteiger partial charge in [-0.05, 0) is 35.9 Å². The van der Waals surface area contributed by atoms with Gasteiger partial charge >= 0.3 is 0 Å². The summed E-state index contributed by atoms with van der Waals surface area (Å²) in [6.07, 6.45) is 0. The van der Waals surface area contributed by atoms with Crippen molar-refractivity contribution in [3.05, 3.63) is 53.8 Å². The molecule has 2 aromatic heterocycles. The van der Waals surface area contributed by atoms with Gasteiger partial charge in [0.05, 0.1) is 23.4 Å². The number of nitrogens with zero attached hydrogens (tertiary/aromatic N) is 5. The number of para-hydroxylation sites is 1. The molecule has 0 radical (unpaired) electrons. The van der Waals surface area contributed by atoms with Crippen LogP contribution in [-0.2, 0) is 4.74 Å². The first-order chi connectivity index (χ1) is 14.2. The summed E-state index contributed by atoms with van der Waals surface area (Å²) in [7, 11) is 0. The fraction of sp³-hybridized carbons (Fsp3) is 0.200. The molecule has 1 N–H and O–H groups in total. The summed E-state index contributed by atoms with van der Waals surface area (Å²) in [5, 5.41) is 4.37. The molecule has 5 rings (SSSR count). The summed E-state index contributed by atoms with van der Waals surface area (Å²) >= 11 is 7.81. The van der Waals surface area contributed by atoms with Crippen LogP contribution in [0.25, 0.3) is 20.8 Å². The van der Waals surface area contributed by atoms with E-state index < -0.39 is 0 Å². The number of hydrogen-bond acceptors (Lipinski definition) is 8. The molecule has 146 valence electrons. The van der Waals surface area contributed by atoms with E-state index in [1.165, 1.54) is 4.70 Å². The molecule has 1 aliphatic rings. The Morgan fingerprint density at radius 1 is 0.966 bits per heavy atom. The monoisotopic (exact) mass is 424 g/mol. The van der Waals surface area contributed by atoms with Crippen molar-refractivity contribution in [2.45, 2.75) is 0 Å². The van der Waals surface area contributed by atoms with E-state index in [4.69, 9.17) is 21.3 Å². The summed E-state index contributed by atoms with van der Waals surface area (Å²) in [5.74, 6) is 0.964. The van der Waals surface area contributed by atoms with Gasteiger partial charge in [0.25, 0.3) is 0 Å². The minimum Gasteiger partial charge on any atom is -0.378 e. The molecule has 0 atom stereocenters. The predicted molar refractivity (Wildman–Crippen MR) is 116 cm³/mol. The van der Waals surface area contributed by atoms with Crippen LogP contribution in [0.15, 0.2) is 48.5 Å². The lowest BCUT2D eigenvalue weighted by atomic mass is 10.2. The number of morpholine rings is 1. The SMILES string of the molecule is Clc1nc(Nc2cccc(-c3nc4ccccc4s3)c2)nc(N2CCOCC2)n1. The highest BCUT2D eigenvalue weighted by molar-refractivity contribution is 7.21. The van der Waals surface area contributed by atoms with Gasteiger partial charge in [0.15, 0.2) is 0 Å². The Hall–Kier alpha value is -2.81. The molecule has 29 heavy (non-hydrogen) atoms. The van der Waals surface area contributed by atoms with E-state index >= 15 is 0 Å². The first-order valence-corrected chi connectivity index (χ1v) is 10.4. The molecule has 2 aromatic carbocycles. The topological polar surface area (TPSA) is 76.1 Å². The Balaban J connectivity index is 1.42. The Labute approximate surface area is 176 Å². The van der Waals surface area contributed by atoms with E-state index in [0.29, 0.717) is 25.1 Å². The molecule has 9 heteroatoms. The second-order valence-corrected chi connectivity index (χ2v) is 7.89. The van der Waals surface area contributed by atoms with Crippen LogP contribution in [0.3, 0.4) is 0 Å². The number of fused-ring (bicyclic) bond motifs is 1. The number of ether oxygens (including phenoxy) is 1. The van der Waals surface area contributed by atoms with E-state index in [0.717, 1.165) is 34.9 Å². The Morgan fingerprint density at radius 3 is 2.69 bits per heavy atom. The Kier molecular flexibility index (Phi) is 4.97. The number of hydrogen-bond donors (Lipinski definition) is 1. The molecule has 3 heterocycles. The van der Waals surface area contributed by atoms with E-state index in [1.54, 1.807) is 11.3 Å². The molecule has 1 aliphatic heterocycles. The number of nitrogens with one attached hydrogen (secondary N) is 1. The fourth-order valence-corrected chi connectivity index (χ4v) is 4.27. The largest absolute Gasteiger partial charge is 0.378 e. The van der Waals surface area contributed by atoms with Crippen molar-refractivity contribution in [1.82, 2.24) is 19.9 Å². The average Bonchev–Trinajstić information content (AvgIpc) is 3.19. The Morgan fingerprint density at radius 2 is 1.83 bits per heavy atom. The van der Waals surface area contributed by atoms with Crippen LogP contribution in [0.2, 0.25) is 5.28 Å². The van der Waals surface area contributed by atoms with Crippen molar-refractivity contribution in [1.29, 1.82) is 0 Å². The zero-order chi connectivity index (χ0) is 19.6. The molecule has 0 unspecified atom stereocenters. The van der Waals surface area contributed by atoms with Crippen molar-refractivity contribution < 1.29 is 4.74 Å². The maximum atomic E-state index is 6.14. The minimum atomic E-state index is 0.159. The highest BCUT2D eigenvalue weighted by Crippen LogP contribution is 2.31. The minimum absolute atomic E-state index is 0.159. The van der Waals surface area contributed by atoms with E-state index in [1.807, 2.05) is 47.4 Å². The first-order valence-electron chi connectivity index (χ1n) is 9.22. The molecule has 7 nitrogen and oxygen atoms in total. The summed E-state index contributed by atoms with van der Waals surface area (Å²) in [6.45, 7) is 2.76. The van der Waals surface area contributed by atoms with Crippen LogP contribution in [0.4, 0.5) is 17.6 Å². The third kappa shape index (κ3) is 4.00. The van der Waals surface area contributed by atoms with E-state index in [2.05, 4.69) is 26.3 Å². The maximum absolute atomic E-state index is 6.14. The molecule has 0 amide bonds. The molecule has 0 bridgehead atoms. The van der Waals surface area contributed by atoms with Gasteiger partial charge in [-0.2, -0.15) is 15.0 Å². The highest BCUT2D eigenvalue weighted by Gasteiger charge is 2.16. The van der Waals surface area contributed by atoms with Gasteiger partial charge in [0, 0.05) is 24.3 Å². The fourth-order valence-electron chi connectivity index (χ4n) is 3.16. The van der Waals surface area contributed by atoms with Crippen LogP contribution in [0.5, 0.6) is 0 Å². The van der Waals surface area contributed by atoms with Crippen LogP contribution in [0, 0.1) is 0 Å². The molecule has 4 aromatic rings. The number of benzene rings is 2. The molecule has 0 spiro atoms. The summed E-state index contributed by atoms with van der Waals surface area (Å²) < 4.78 is 6.55. The lowest BCUT2D eigenvalue weighted by Gasteiger charge is -2.26. The normalized spacial score (nSPS) is 14.3. The van der Waals surface area contributed by atoms with Crippen molar-refractivity contribution in [2.24, 2.45) is 0 Å². The van der Waals surface area contributed by atoms with Gasteiger partial charge in [-0.3, -0.25) is 0 Å². The van der Waals surface area contributed by atoms with Gasteiger partial charge in [0.2, 0.25) is 17.2 Å². The lowest BCUT2D eigenvalue weighted by Crippen LogP contribution is -2.37. The first kappa shape index (κ1) is 18.2. The number of thiazole rings is 1. The van der Waals surface area contributed by atoms with Gasteiger partial charge in [-0.25, -0.2) is 4.98 Å². The van der Waals surface area contributed by atoms with Gasteiger partial charge < -0.3 is 15.0 Å². The van der Waals surface area contributed by atoms with Crippen molar-refractivity contribution in [2.75, 3.05) is 36.5 Å². The smallest absolute Gasteiger partial charge is 0.233 e. The second kappa shape index (κ2) is 7.90. The molecule has 1 saturated heterocycles. The van der Waals surface area contributed by atoms with Crippen LogP contribution in [0.1, 0.15) is 0 Å². The quantitative estimate of drug-likeness (QED) is 0.520. The van der Waals surface area contributed by atoms with Gasteiger partial charge in [-0.15, -0.1) is 11.3 Å². The van der Waals surface area contributed by atoms with Crippen LogP contribution < -0.4 is 10.2 Å². The summed E-state index contributed by atoms with van der Waals surface area (Å²) in [4.78, 5) is 19.8. The average molecular weight is 425 g/mol. The molecule has 1 fully saturated rings. The molecule has 0 aliphatic carbocycles. The van der Waals surface area contributed by atoms with E-state index in [9.17, 15) is 0 Å². The van der Waals surface area contributed by atoms with Crippen molar-refractivity contribution in [3.8, 4) is 10.6 Å². The zero-order valence-electron chi connectivity index (χ0n) is 15.4. The third-order valence-corrected chi connectivity index (χ3v) is 5.80. The predicted octanol–water partition coefficient (Wildman–Crippen LogP) is 4.38. The van der Waals surface area contributed by atoms with Gasteiger partial charge in [0.1, 0.15) is 5.01 Å². The number of rotatable bonds is 4. The molecule has 0 saturated carbocycles. The maximum Gasteiger partial charge on any atom is 0.233 e. The van der Waals surface area contributed by atoms with E-state index in [-0.39, 0.29) is 5.28 Å². The summed E-state index contributed by atoms with van der Waals surface area (Å²) in [5.41, 5.74) is 2.90. The number of halogens is 1. The number of anilines is 3.